The zero-order valence-corrected chi connectivity index (χ0v) is 10.3. The molecule has 0 heterocycles. The first-order valence-corrected chi connectivity index (χ1v) is 6.45. The van der Waals surface area contributed by atoms with Crippen LogP contribution in [0.2, 0.25) is 0 Å². The maximum atomic E-state index is 11.7. The van der Waals surface area contributed by atoms with Crippen molar-refractivity contribution in [3.8, 4) is 0 Å². The van der Waals surface area contributed by atoms with Gasteiger partial charge in [0.25, 0.3) is 10.1 Å². The molecule has 0 aliphatic rings. The van der Waals surface area contributed by atoms with Crippen LogP contribution >= 0.6 is 0 Å². The fourth-order valence-electron chi connectivity index (χ4n) is 1.04. The minimum atomic E-state index is -3.63. The highest BCUT2D eigenvalue weighted by molar-refractivity contribution is 7.86. The monoisotopic (exact) mass is 240 g/mol. The number of hydrogen-bond acceptors (Lipinski definition) is 3. The van der Waals surface area contributed by atoms with E-state index in [1.54, 1.807) is 30.3 Å². The van der Waals surface area contributed by atoms with Crippen molar-refractivity contribution >= 4 is 10.1 Å². The number of hydrogen-bond donors (Lipinski definition) is 0. The summed E-state index contributed by atoms with van der Waals surface area (Å²) in [5, 5.41) is 0. The summed E-state index contributed by atoms with van der Waals surface area (Å²) < 4.78 is 28.3. The molecule has 4 heteroatoms. The van der Waals surface area contributed by atoms with Crippen LogP contribution in [0, 0.1) is 12.8 Å². The smallest absolute Gasteiger partial charge is 0.266 e. The fraction of sp³-hybridized carbons (Fsp3) is 0.333. The maximum Gasteiger partial charge on any atom is 0.296 e. The molecule has 1 rings (SSSR count). The topological polar surface area (TPSA) is 43.4 Å². The van der Waals surface area contributed by atoms with Crippen LogP contribution in [-0.2, 0) is 14.3 Å². The van der Waals surface area contributed by atoms with Crippen molar-refractivity contribution in [2.24, 2.45) is 5.92 Å². The van der Waals surface area contributed by atoms with E-state index in [1.165, 1.54) is 0 Å². The second kappa shape index (κ2) is 5.27. The van der Waals surface area contributed by atoms with Gasteiger partial charge in [-0.05, 0) is 25.0 Å². The Labute approximate surface area is 96.9 Å². The van der Waals surface area contributed by atoms with E-state index in [1.807, 2.05) is 13.8 Å². The molecule has 0 unspecified atom stereocenters. The minimum absolute atomic E-state index is 0.0141. The highest BCUT2D eigenvalue weighted by atomic mass is 32.2. The molecule has 1 aromatic carbocycles. The SMILES string of the molecule is C=C[C@H](C)COS(=O)(=O)c1ccc(C)cc1. The maximum absolute atomic E-state index is 11.7. The second-order valence-corrected chi connectivity index (χ2v) is 5.38. The Hall–Kier alpha value is -1.13. The first kappa shape index (κ1) is 12.9. The predicted octanol–water partition coefficient (Wildman–Crippen LogP) is 2.52. The van der Waals surface area contributed by atoms with Crippen LogP contribution in [0.5, 0.6) is 0 Å². The average Bonchev–Trinajstić information content (AvgIpc) is 2.26. The predicted molar refractivity (Wildman–Crippen MR) is 63.7 cm³/mol. The highest BCUT2D eigenvalue weighted by Crippen LogP contribution is 2.14. The molecule has 0 amide bonds. The summed E-state index contributed by atoms with van der Waals surface area (Å²) in [4.78, 5) is 0.189. The van der Waals surface area contributed by atoms with E-state index < -0.39 is 10.1 Å². The summed E-state index contributed by atoms with van der Waals surface area (Å²) >= 11 is 0. The fourth-order valence-corrected chi connectivity index (χ4v) is 2.04. The van der Waals surface area contributed by atoms with E-state index in [2.05, 4.69) is 6.58 Å². The summed E-state index contributed by atoms with van der Waals surface area (Å²) in [5.74, 6) is 0.0141. The molecule has 3 nitrogen and oxygen atoms in total. The van der Waals surface area contributed by atoms with Crippen LogP contribution < -0.4 is 0 Å². The Morgan fingerprint density at radius 2 is 1.94 bits per heavy atom. The highest BCUT2D eigenvalue weighted by Gasteiger charge is 2.15. The molecule has 0 aliphatic carbocycles. The number of aryl methyl sites for hydroxylation is 1. The lowest BCUT2D eigenvalue weighted by molar-refractivity contribution is 0.288. The van der Waals surface area contributed by atoms with E-state index >= 15 is 0 Å². The lowest BCUT2D eigenvalue weighted by atomic mass is 10.2. The Balaban J connectivity index is 2.78. The van der Waals surface area contributed by atoms with E-state index in [0.29, 0.717) is 0 Å². The van der Waals surface area contributed by atoms with Crippen molar-refractivity contribution in [3.05, 3.63) is 42.5 Å². The molecule has 0 N–H and O–H groups in total. The van der Waals surface area contributed by atoms with Gasteiger partial charge >= 0.3 is 0 Å². The van der Waals surface area contributed by atoms with Gasteiger partial charge in [0.2, 0.25) is 0 Å². The number of rotatable bonds is 5. The largest absolute Gasteiger partial charge is 0.296 e. The third-order valence-corrected chi connectivity index (χ3v) is 3.49. The van der Waals surface area contributed by atoms with Gasteiger partial charge in [0.05, 0.1) is 11.5 Å². The normalized spacial score (nSPS) is 13.4. The van der Waals surface area contributed by atoms with Crippen molar-refractivity contribution in [2.45, 2.75) is 18.7 Å². The number of benzene rings is 1. The Bertz CT molecular complexity index is 446. The van der Waals surface area contributed by atoms with E-state index in [9.17, 15) is 8.42 Å². The second-order valence-electron chi connectivity index (χ2n) is 3.76. The molecule has 1 atom stereocenters. The van der Waals surface area contributed by atoms with Gasteiger partial charge in [0.1, 0.15) is 0 Å². The van der Waals surface area contributed by atoms with Crippen molar-refractivity contribution in [1.29, 1.82) is 0 Å². The molecule has 0 saturated heterocycles. The molecule has 1 aromatic rings. The van der Waals surface area contributed by atoms with Crippen molar-refractivity contribution < 1.29 is 12.6 Å². The van der Waals surface area contributed by atoms with E-state index in [-0.39, 0.29) is 17.4 Å². The molecular weight excluding hydrogens is 224 g/mol. The van der Waals surface area contributed by atoms with Crippen LogP contribution in [-0.4, -0.2) is 15.0 Å². The zero-order valence-electron chi connectivity index (χ0n) is 9.51. The summed E-state index contributed by atoms with van der Waals surface area (Å²) in [6, 6.07) is 6.58. The van der Waals surface area contributed by atoms with Gasteiger partial charge in [0.15, 0.2) is 0 Å². The van der Waals surface area contributed by atoms with E-state index in [4.69, 9.17) is 4.18 Å². The van der Waals surface area contributed by atoms with Gasteiger partial charge in [-0.2, -0.15) is 8.42 Å². The standard InChI is InChI=1S/C12H16O3S/c1-4-10(2)9-15-16(13,14)12-7-5-11(3)6-8-12/h4-8,10H,1,9H2,2-3H3/t10-/m0/s1. The van der Waals surface area contributed by atoms with Gasteiger partial charge in [-0.25, -0.2) is 0 Å². The third-order valence-electron chi connectivity index (χ3n) is 2.20. The lowest BCUT2D eigenvalue weighted by Crippen LogP contribution is -2.11. The minimum Gasteiger partial charge on any atom is -0.266 e. The van der Waals surface area contributed by atoms with Crippen LogP contribution in [0.3, 0.4) is 0 Å². The molecule has 0 bridgehead atoms. The molecule has 88 valence electrons. The molecular formula is C12H16O3S. The van der Waals surface area contributed by atoms with Gasteiger partial charge in [-0.1, -0.05) is 30.7 Å². The van der Waals surface area contributed by atoms with E-state index in [0.717, 1.165) is 5.56 Å². The van der Waals surface area contributed by atoms with Gasteiger partial charge in [-0.3, -0.25) is 4.18 Å². The molecule has 0 aromatic heterocycles. The molecule has 0 fully saturated rings. The quantitative estimate of drug-likeness (QED) is 0.586. The van der Waals surface area contributed by atoms with Crippen molar-refractivity contribution in [3.63, 3.8) is 0 Å². The first-order chi connectivity index (χ1) is 7.45. The summed E-state index contributed by atoms with van der Waals surface area (Å²) in [6.45, 7) is 7.44. The Kier molecular flexibility index (Phi) is 4.26. The summed E-state index contributed by atoms with van der Waals surface area (Å²) in [5.41, 5.74) is 1.01. The molecule has 0 spiro atoms. The van der Waals surface area contributed by atoms with Crippen LogP contribution in [0.25, 0.3) is 0 Å². The molecule has 0 radical (unpaired) electrons. The lowest BCUT2D eigenvalue weighted by Gasteiger charge is -2.08. The van der Waals surface area contributed by atoms with Gasteiger partial charge in [-0.15, -0.1) is 6.58 Å². The van der Waals surface area contributed by atoms with Crippen LogP contribution in [0.15, 0.2) is 41.8 Å². The van der Waals surface area contributed by atoms with Crippen LogP contribution in [0.4, 0.5) is 0 Å². The Morgan fingerprint density at radius 3 is 2.44 bits per heavy atom. The third kappa shape index (κ3) is 3.47. The molecule has 0 aliphatic heterocycles. The molecule has 0 saturated carbocycles. The zero-order chi connectivity index (χ0) is 12.2. The Morgan fingerprint density at radius 1 is 1.38 bits per heavy atom. The first-order valence-electron chi connectivity index (χ1n) is 5.04. The summed E-state index contributed by atoms with van der Waals surface area (Å²) in [7, 11) is -3.63. The average molecular weight is 240 g/mol. The van der Waals surface area contributed by atoms with Crippen molar-refractivity contribution in [1.82, 2.24) is 0 Å². The van der Waals surface area contributed by atoms with Crippen LogP contribution in [0.1, 0.15) is 12.5 Å². The van der Waals surface area contributed by atoms with Gasteiger partial charge < -0.3 is 0 Å². The summed E-state index contributed by atoms with van der Waals surface area (Å²) in [6.07, 6.45) is 1.66. The molecule has 16 heavy (non-hydrogen) atoms. The van der Waals surface area contributed by atoms with Gasteiger partial charge in [0, 0.05) is 0 Å². The van der Waals surface area contributed by atoms with Crippen molar-refractivity contribution in [2.75, 3.05) is 6.61 Å².